The van der Waals surface area contributed by atoms with Crippen LogP contribution in [0.4, 0.5) is 4.39 Å². The van der Waals surface area contributed by atoms with Gasteiger partial charge in [0.1, 0.15) is 11.3 Å². The fraction of sp³-hybridized carbons (Fsp3) is 0.231. The van der Waals surface area contributed by atoms with Gasteiger partial charge in [0.25, 0.3) is 0 Å². The Morgan fingerprint density at radius 1 is 1.45 bits per heavy atom. The first-order chi connectivity index (χ1) is 9.52. The summed E-state index contributed by atoms with van der Waals surface area (Å²) in [4.78, 5) is 3.15. The second kappa shape index (κ2) is 4.71. The van der Waals surface area contributed by atoms with Crippen molar-refractivity contribution in [3.05, 3.63) is 39.5 Å². The number of benzene rings is 1. The minimum Gasteiger partial charge on any atom is -0.327 e. The number of aromatic amines is 1. The van der Waals surface area contributed by atoms with E-state index in [2.05, 4.69) is 10.1 Å². The van der Waals surface area contributed by atoms with E-state index in [4.69, 9.17) is 23.8 Å². The molecule has 0 amide bonds. The molecule has 0 spiro atoms. The monoisotopic (exact) mass is 310 g/mol. The predicted molar refractivity (Wildman–Crippen MR) is 79.6 cm³/mol. The van der Waals surface area contributed by atoms with Crippen LogP contribution in [0, 0.1) is 10.6 Å². The first-order valence-electron chi connectivity index (χ1n) is 6.15. The highest BCUT2D eigenvalue weighted by Crippen LogP contribution is 2.27. The molecular weight excluding hydrogens is 299 g/mol. The van der Waals surface area contributed by atoms with Crippen molar-refractivity contribution < 1.29 is 4.39 Å². The van der Waals surface area contributed by atoms with Gasteiger partial charge in [0.15, 0.2) is 10.4 Å². The van der Waals surface area contributed by atoms with Gasteiger partial charge in [0.05, 0.1) is 16.4 Å². The smallest absolute Gasteiger partial charge is 0.184 e. The Hall–Kier alpha value is -1.66. The van der Waals surface area contributed by atoms with Gasteiger partial charge in [-0.25, -0.2) is 9.07 Å². The molecule has 7 heteroatoms. The summed E-state index contributed by atoms with van der Waals surface area (Å²) in [6, 6.07) is 4.24. The lowest BCUT2D eigenvalue weighted by molar-refractivity contribution is 0.627. The molecule has 0 saturated carbocycles. The third-order valence-corrected chi connectivity index (χ3v) is 3.81. The summed E-state index contributed by atoms with van der Waals surface area (Å²) in [7, 11) is 1.85. The molecule has 0 saturated heterocycles. The Morgan fingerprint density at radius 3 is 2.85 bits per heavy atom. The van der Waals surface area contributed by atoms with Gasteiger partial charge >= 0.3 is 0 Å². The van der Waals surface area contributed by atoms with Gasteiger partial charge in [-0.05, 0) is 36.8 Å². The number of H-pyrrole nitrogens is 1. The van der Waals surface area contributed by atoms with E-state index in [1.165, 1.54) is 12.1 Å². The Bertz CT molecular complexity index is 861. The van der Waals surface area contributed by atoms with Crippen LogP contribution in [0.2, 0.25) is 5.02 Å². The van der Waals surface area contributed by atoms with E-state index in [1.807, 2.05) is 14.0 Å². The largest absolute Gasteiger partial charge is 0.327 e. The SMILES string of the molecule is CCc1nn(C)c2c1[nH]c(=S)n2-c1ccc(F)cc1Cl. The van der Waals surface area contributed by atoms with Gasteiger partial charge < -0.3 is 4.98 Å². The van der Waals surface area contributed by atoms with E-state index in [-0.39, 0.29) is 5.82 Å². The molecule has 0 unspecified atom stereocenters. The molecule has 2 heterocycles. The maximum Gasteiger partial charge on any atom is 0.184 e. The van der Waals surface area contributed by atoms with Crippen molar-refractivity contribution in [3.63, 3.8) is 0 Å². The number of nitrogens with zero attached hydrogens (tertiary/aromatic N) is 3. The highest BCUT2D eigenvalue weighted by molar-refractivity contribution is 7.71. The summed E-state index contributed by atoms with van der Waals surface area (Å²) >= 11 is 11.5. The quantitative estimate of drug-likeness (QED) is 0.732. The van der Waals surface area contributed by atoms with Crippen LogP contribution in [0.3, 0.4) is 0 Å². The third kappa shape index (κ3) is 1.87. The van der Waals surface area contributed by atoms with Gasteiger partial charge in [-0.2, -0.15) is 5.10 Å². The van der Waals surface area contributed by atoms with Gasteiger partial charge in [-0.1, -0.05) is 18.5 Å². The second-order valence-corrected chi connectivity index (χ2v) is 5.28. The summed E-state index contributed by atoms with van der Waals surface area (Å²) in [5.74, 6) is -0.378. The molecule has 3 rings (SSSR count). The Labute approximate surface area is 124 Å². The molecule has 0 aliphatic heterocycles. The summed E-state index contributed by atoms with van der Waals surface area (Å²) in [6.07, 6.45) is 0.795. The van der Waals surface area contributed by atoms with E-state index < -0.39 is 0 Å². The van der Waals surface area contributed by atoms with Gasteiger partial charge in [0.2, 0.25) is 0 Å². The Kier molecular flexibility index (Phi) is 3.14. The molecule has 0 radical (unpaired) electrons. The van der Waals surface area contributed by atoms with Crippen LogP contribution in [-0.2, 0) is 13.5 Å². The maximum absolute atomic E-state index is 13.2. The first kappa shape index (κ1) is 13.3. The van der Waals surface area contributed by atoms with E-state index in [0.717, 1.165) is 23.3 Å². The number of rotatable bonds is 2. The predicted octanol–water partition coefficient (Wildman–Crippen LogP) is 3.78. The molecule has 1 N–H and O–H groups in total. The molecule has 0 atom stereocenters. The van der Waals surface area contributed by atoms with Crippen LogP contribution in [0.25, 0.3) is 16.9 Å². The fourth-order valence-electron chi connectivity index (χ4n) is 2.35. The number of aromatic nitrogens is 4. The molecule has 3 aromatic rings. The van der Waals surface area contributed by atoms with Crippen LogP contribution >= 0.6 is 23.8 Å². The number of nitrogens with one attached hydrogen (secondary N) is 1. The van der Waals surface area contributed by atoms with Crippen LogP contribution in [-0.4, -0.2) is 19.3 Å². The standard InChI is InChI=1S/C13H12ClFN4S/c1-3-9-11-12(18(2)17-9)19(13(20)16-11)10-5-4-7(15)6-8(10)14/h4-6H,3H2,1-2H3,(H,16,20). The highest BCUT2D eigenvalue weighted by Gasteiger charge is 2.17. The second-order valence-electron chi connectivity index (χ2n) is 4.48. The summed E-state index contributed by atoms with van der Waals surface area (Å²) < 4.78 is 17.2. The van der Waals surface area contributed by atoms with Crippen molar-refractivity contribution in [2.75, 3.05) is 0 Å². The van der Waals surface area contributed by atoms with Crippen LogP contribution in [0.5, 0.6) is 0 Å². The van der Waals surface area contributed by atoms with Gasteiger partial charge in [0, 0.05) is 7.05 Å². The highest BCUT2D eigenvalue weighted by atomic mass is 35.5. The first-order valence-corrected chi connectivity index (χ1v) is 6.93. The average molecular weight is 311 g/mol. The topological polar surface area (TPSA) is 38.5 Å². The lowest BCUT2D eigenvalue weighted by atomic mass is 10.3. The van der Waals surface area contributed by atoms with E-state index in [1.54, 1.807) is 15.3 Å². The van der Waals surface area contributed by atoms with Crippen molar-refractivity contribution >= 4 is 35.0 Å². The summed E-state index contributed by atoms with van der Waals surface area (Å²) in [6.45, 7) is 2.03. The van der Waals surface area contributed by atoms with E-state index in [0.29, 0.717) is 15.5 Å². The molecule has 104 valence electrons. The van der Waals surface area contributed by atoms with Crippen molar-refractivity contribution in [1.29, 1.82) is 0 Å². The minimum atomic E-state index is -0.378. The van der Waals surface area contributed by atoms with E-state index in [9.17, 15) is 4.39 Å². The van der Waals surface area contributed by atoms with Gasteiger partial charge in [-0.15, -0.1) is 0 Å². The minimum absolute atomic E-state index is 0.307. The van der Waals surface area contributed by atoms with Crippen molar-refractivity contribution in [2.45, 2.75) is 13.3 Å². The number of hydrogen-bond donors (Lipinski definition) is 1. The zero-order valence-electron chi connectivity index (χ0n) is 10.9. The number of imidazole rings is 1. The summed E-state index contributed by atoms with van der Waals surface area (Å²) in [5, 5.41) is 4.75. The number of fused-ring (bicyclic) bond motifs is 1. The maximum atomic E-state index is 13.2. The molecule has 20 heavy (non-hydrogen) atoms. The Morgan fingerprint density at radius 2 is 2.20 bits per heavy atom. The van der Waals surface area contributed by atoms with Crippen molar-refractivity contribution in [2.24, 2.45) is 7.05 Å². The average Bonchev–Trinajstić information content (AvgIpc) is 2.87. The number of halogens is 2. The van der Waals surface area contributed by atoms with Crippen LogP contribution in [0.15, 0.2) is 18.2 Å². The van der Waals surface area contributed by atoms with E-state index >= 15 is 0 Å². The zero-order valence-corrected chi connectivity index (χ0v) is 12.5. The lowest BCUT2D eigenvalue weighted by Crippen LogP contribution is -2.01. The molecule has 0 bridgehead atoms. The van der Waals surface area contributed by atoms with Crippen LogP contribution in [0.1, 0.15) is 12.6 Å². The molecule has 4 nitrogen and oxygen atoms in total. The zero-order chi connectivity index (χ0) is 14.4. The van der Waals surface area contributed by atoms with Crippen LogP contribution < -0.4 is 0 Å². The number of hydrogen-bond acceptors (Lipinski definition) is 2. The molecule has 0 fully saturated rings. The normalized spacial score (nSPS) is 11.4. The number of aryl methyl sites for hydroxylation is 2. The Balaban J connectivity index is 2.39. The van der Waals surface area contributed by atoms with Crippen molar-refractivity contribution in [3.8, 4) is 5.69 Å². The molecular formula is C13H12ClFN4S. The third-order valence-electron chi connectivity index (χ3n) is 3.22. The molecule has 0 aliphatic carbocycles. The molecule has 0 aliphatic rings. The summed E-state index contributed by atoms with van der Waals surface area (Å²) in [5.41, 5.74) is 3.28. The lowest BCUT2D eigenvalue weighted by Gasteiger charge is -2.07. The van der Waals surface area contributed by atoms with Gasteiger partial charge in [-0.3, -0.25) is 4.57 Å². The molecule has 2 aromatic heterocycles. The van der Waals surface area contributed by atoms with Crippen molar-refractivity contribution in [1.82, 2.24) is 19.3 Å². The fourth-order valence-corrected chi connectivity index (χ4v) is 2.89. The molecule has 1 aromatic carbocycles.